The van der Waals surface area contributed by atoms with Crippen molar-refractivity contribution >= 4 is 21.6 Å². The Morgan fingerprint density at radius 2 is 1.81 bits per heavy atom. The number of piperidine rings is 1. The Labute approximate surface area is 160 Å². The van der Waals surface area contributed by atoms with Crippen LogP contribution in [0.5, 0.6) is 0 Å². The number of fused-ring (bicyclic) bond motifs is 3. The zero-order chi connectivity index (χ0) is 18.3. The van der Waals surface area contributed by atoms with E-state index in [0.717, 1.165) is 32.4 Å². The Bertz CT molecular complexity index is 898. The van der Waals surface area contributed by atoms with Crippen molar-refractivity contribution in [3.05, 3.63) is 64.7 Å². The molecule has 6 heteroatoms. The van der Waals surface area contributed by atoms with Crippen LogP contribution in [0.3, 0.4) is 0 Å². The molecule has 0 spiro atoms. The van der Waals surface area contributed by atoms with Crippen LogP contribution >= 0.6 is 11.6 Å². The normalized spacial score (nSPS) is 23.5. The maximum atomic E-state index is 13.0. The summed E-state index contributed by atoms with van der Waals surface area (Å²) >= 11 is 5.90. The molecule has 0 aliphatic carbocycles. The lowest BCUT2D eigenvalue weighted by molar-refractivity contribution is 0.0969. The van der Waals surface area contributed by atoms with Gasteiger partial charge in [-0.05, 0) is 54.7 Å². The summed E-state index contributed by atoms with van der Waals surface area (Å²) in [4.78, 5) is 2.80. The molecular weight excluding hydrogens is 368 g/mol. The number of hydrogen-bond acceptors (Lipinski definition) is 3. The largest absolute Gasteiger partial charge is 0.296 e. The van der Waals surface area contributed by atoms with Crippen LogP contribution in [0.25, 0.3) is 0 Å². The fourth-order valence-corrected chi connectivity index (χ4v) is 5.76. The average molecular weight is 391 g/mol. The van der Waals surface area contributed by atoms with Crippen LogP contribution < -0.4 is 0 Å². The van der Waals surface area contributed by atoms with Gasteiger partial charge in [-0.1, -0.05) is 35.9 Å². The fraction of sp³-hybridized carbons (Fsp3) is 0.400. The summed E-state index contributed by atoms with van der Waals surface area (Å²) in [5.41, 5.74) is 2.76. The minimum Gasteiger partial charge on any atom is -0.296 e. The molecule has 0 bridgehead atoms. The lowest BCUT2D eigenvalue weighted by Gasteiger charge is -2.45. The second-order valence-corrected chi connectivity index (χ2v) is 9.59. The van der Waals surface area contributed by atoms with Crippen LogP contribution in [0.4, 0.5) is 0 Å². The summed E-state index contributed by atoms with van der Waals surface area (Å²) in [5, 5.41) is 0.540. The summed E-state index contributed by atoms with van der Waals surface area (Å²) in [5.74, 6) is 0. The molecule has 2 aromatic rings. The SMILES string of the molecule is CN([C@@H]1CCN2CCc3ccccc3C2C1)S(=O)(=O)c1ccc(Cl)cc1. The van der Waals surface area contributed by atoms with Crippen LogP contribution in [-0.2, 0) is 16.4 Å². The molecule has 138 valence electrons. The van der Waals surface area contributed by atoms with Gasteiger partial charge >= 0.3 is 0 Å². The lowest BCUT2D eigenvalue weighted by Crippen LogP contribution is -2.48. The van der Waals surface area contributed by atoms with Crippen molar-refractivity contribution in [3.8, 4) is 0 Å². The van der Waals surface area contributed by atoms with Crippen molar-refractivity contribution in [2.24, 2.45) is 0 Å². The average Bonchev–Trinajstić information content (AvgIpc) is 2.67. The summed E-state index contributed by atoms with van der Waals surface area (Å²) < 4.78 is 27.6. The van der Waals surface area contributed by atoms with E-state index in [-0.39, 0.29) is 6.04 Å². The van der Waals surface area contributed by atoms with E-state index in [0.29, 0.717) is 16.0 Å². The second-order valence-electron chi connectivity index (χ2n) is 7.15. The number of sulfonamides is 1. The Morgan fingerprint density at radius 1 is 1.08 bits per heavy atom. The number of rotatable bonds is 3. The predicted molar refractivity (Wildman–Crippen MR) is 104 cm³/mol. The van der Waals surface area contributed by atoms with Crippen molar-refractivity contribution in [2.75, 3.05) is 20.1 Å². The van der Waals surface area contributed by atoms with E-state index in [1.807, 2.05) is 0 Å². The number of halogens is 1. The highest BCUT2D eigenvalue weighted by Gasteiger charge is 2.38. The van der Waals surface area contributed by atoms with E-state index in [4.69, 9.17) is 11.6 Å². The standard InChI is InChI=1S/C20H23ClN2O2S/c1-22(26(24,25)18-8-6-16(21)7-9-18)17-11-13-23-12-10-15-4-2-3-5-19(15)20(23)14-17/h2-9,17,20H,10-14H2,1H3/t17-,20?/m1/s1. The highest BCUT2D eigenvalue weighted by Crippen LogP contribution is 2.38. The zero-order valence-corrected chi connectivity index (χ0v) is 16.4. The van der Waals surface area contributed by atoms with Gasteiger partial charge < -0.3 is 0 Å². The minimum atomic E-state index is -3.51. The molecule has 2 aliphatic rings. The van der Waals surface area contributed by atoms with Crippen LogP contribution in [0.2, 0.25) is 5.02 Å². The first-order chi connectivity index (χ1) is 12.5. The van der Waals surface area contributed by atoms with E-state index in [1.165, 1.54) is 11.1 Å². The van der Waals surface area contributed by atoms with Gasteiger partial charge in [-0.2, -0.15) is 4.31 Å². The van der Waals surface area contributed by atoms with Crippen LogP contribution in [0, 0.1) is 0 Å². The monoisotopic (exact) mass is 390 g/mol. The fourth-order valence-electron chi connectivity index (χ4n) is 4.24. The summed E-state index contributed by atoms with van der Waals surface area (Å²) in [6.45, 7) is 1.99. The van der Waals surface area contributed by atoms with Gasteiger partial charge in [0.25, 0.3) is 0 Å². The smallest absolute Gasteiger partial charge is 0.243 e. The number of hydrogen-bond donors (Lipinski definition) is 0. The van der Waals surface area contributed by atoms with Gasteiger partial charge in [0.05, 0.1) is 4.90 Å². The van der Waals surface area contributed by atoms with Crippen molar-refractivity contribution in [2.45, 2.75) is 36.2 Å². The minimum absolute atomic E-state index is 0.00286. The Morgan fingerprint density at radius 3 is 2.58 bits per heavy atom. The van der Waals surface area contributed by atoms with Gasteiger partial charge in [0.15, 0.2) is 0 Å². The molecule has 0 amide bonds. The van der Waals surface area contributed by atoms with Gasteiger partial charge in [-0.15, -0.1) is 0 Å². The van der Waals surface area contributed by atoms with E-state index in [1.54, 1.807) is 35.6 Å². The first-order valence-corrected chi connectivity index (χ1v) is 10.8. The Hall–Kier alpha value is -1.40. The predicted octanol–water partition coefficient (Wildman–Crippen LogP) is 3.72. The molecule has 2 aromatic carbocycles. The van der Waals surface area contributed by atoms with Gasteiger partial charge in [0, 0.05) is 37.2 Å². The van der Waals surface area contributed by atoms with Crippen molar-refractivity contribution < 1.29 is 8.42 Å². The van der Waals surface area contributed by atoms with E-state index in [9.17, 15) is 8.42 Å². The van der Waals surface area contributed by atoms with Crippen molar-refractivity contribution in [3.63, 3.8) is 0 Å². The molecular formula is C20H23ClN2O2S. The van der Waals surface area contributed by atoms with E-state index >= 15 is 0 Å². The molecule has 0 radical (unpaired) electrons. The van der Waals surface area contributed by atoms with Crippen molar-refractivity contribution in [1.29, 1.82) is 0 Å². The highest BCUT2D eigenvalue weighted by atomic mass is 35.5. The number of nitrogens with zero attached hydrogens (tertiary/aromatic N) is 2. The second kappa shape index (κ2) is 6.97. The Balaban J connectivity index is 1.59. The molecule has 0 aromatic heterocycles. The molecule has 2 atom stereocenters. The first kappa shape index (κ1) is 18.0. The van der Waals surface area contributed by atoms with Gasteiger partial charge in [0.1, 0.15) is 0 Å². The first-order valence-electron chi connectivity index (χ1n) is 9.02. The summed E-state index contributed by atoms with van der Waals surface area (Å²) in [6.07, 6.45) is 2.78. The number of benzene rings is 2. The van der Waals surface area contributed by atoms with E-state index < -0.39 is 10.0 Å². The quantitative estimate of drug-likeness (QED) is 0.801. The molecule has 4 nitrogen and oxygen atoms in total. The lowest BCUT2D eigenvalue weighted by atomic mass is 9.85. The molecule has 26 heavy (non-hydrogen) atoms. The molecule has 2 heterocycles. The third-order valence-corrected chi connectivity index (χ3v) is 7.95. The van der Waals surface area contributed by atoms with Gasteiger partial charge in [-0.25, -0.2) is 8.42 Å². The molecule has 1 saturated heterocycles. The molecule has 0 saturated carbocycles. The van der Waals surface area contributed by atoms with Crippen LogP contribution in [0.1, 0.15) is 30.0 Å². The summed E-state index contributed by atoms with van der Waals surface area (Å²) in [6, 6.07) is 15.3. The molecule has 4 rings (SSSR count). The molecule has 0 N–H and O–H groups in total. The van der Waals surface area contributed by atoms with Crippen LogP contribution in [-0.4, -0.2) is 43.8 Å². The highest BCUT2D eigenvalue weighted by molar-refractivity contribution is 7.89. The van der Waals surface area contributed by atoms with Gasteiger partial charge in [0.2, 0.25) is 10.0 Å². The Kier molecular flexibility index (Phi) is 4.82. The van der Waals surface area contributed by atoms with E-state index in [2.05, 4.69) is 29.2 Å². The molecule has 1 fully saturated rings. The van der Waals surface area contributed by atoms with Gasteiger partial charge in [-0.3, -0.25) is 4.90 Å². The maximum absolute atomic E-state index is 13.0. The molecule has 2 aliphatic heterocycles. The zero-order valence-electron chi connectivity index (χ0n) is 14.8. The third-order valence-electron chi connectivity index (χ3n) is 5.77. The van der Waals surface area contributed by atoms with Crippen molar-refractivity contribution in [1.82, 2.24) is 9.21 Å². The third kappa shape index (κ3) is 3.18. The molecule has 1 unspecified atom stereocenters. The van der Waals surface area contributed by atoms with Crippen LogP contribution in [0.15, 0.2) is 53.4 Å². The maximum Gasteiger partial charge on any atom is 0.243 e. The topological polar surface area (TPSA) is 40.6 Å². The summed E-state index contributed by atoms with van der Waals surface area (Å²) in [7, 11) is -1.81.